The van der Waals surface area contributed by atoms with Crippen LogP contribution in [0.1, 0.15) is 34.6 Å². The number of nitrogens with two attached hydrogens (primary N) is 1. The zero-order valence-corrected chi connectivity index (χ0v) is 33.0. The van der Waals surface area contributed by atoms with Gasteiger partial charge in [-0.05, 0) is 85.5 Å². The van der Waals surface area contributed by atoms with Gasteiger partial charge in [0.2, 0.25) is 0 Å². The maximum atomic E-state index is 13.5. The Labute approximate surface area is 335 Å². The van der Waals surface area contributed by atoms with Crippen molar-refractivity contribution in [2.24, 2.45) is 5.73 Å². The Morgan fingerprint density at radius 2 is 1.42 bits per heavy atom. The molecule has 1 saturated heterocycles. The lowest BCUT2D eigenvalue weighted by Gasteiger charge is -2.30. The number of anilines is 1. The number of nitrogens with zero attached hydrogens (tertiary/aromatic N) is 4. The molecule has 1 amide bonds. The number of carbonyl (C=O) groups excluding carboxylic acids is 1. The van der Waals surface area contributed by atoms with Crippen LogP contribution in [-0.4, -0.2) is 142 Å². The summed E-state index contributed by atoms with van der Waals surface area (Å²) in [6, 6.07) is 17.7. The molecule has 15 heteroatoms. The summed E-state index contributed by atoms with van der Waals surface area (Å²) in [6.07, 6.45) is 7.52. The van der Waals surface area contributed by atoms with E-state index in [9.17, 15) is 4.79 Å². The molecule has 1 fully saturated rings. The number of nitrogens with one attached hydrogen (secondary N) is 1. The summed E-state index contributed by atoms with van der Waals surface area (Å²) >= 11 is 0. The number of rotatable bonds is 27. The smallest absolute Gasteiger partial charge is 0.274 e. The number of hydrogen-bond acceptors (Lipinski definition) is 13. The first kappa shape index (κ1) is 43.8. The molecule has 15 nitrogen and oxygen atoms in total. The summed E-state index contributed by atoms with van der Waals surface area (Å²) in [5.74, 6) is 0.428. The van der Waals surface area contributed by atoms with Crippen LogP contribution in [0.5, 0.6) is 5.75 Å². The fraction of sp³-hybridized carbons (Fsp3) is 0.500. The number of piperidine rings is 1. The third-order valence-corrected chi connectivity index (χ3v) is 8.97. The maximum Gasteiger partial charge on any atom is 0.274 e. The Balaban J connectivity index is 0.976. The van der Waals surface area contributed by atoms with Gasteiger partial charge in [-0.1, -0.05) is 12.1 Å². The zero-order chi connectivity index (χ0) is 39.9. The molecule has 0 aliphatic carbocycles. The average molecular weight is 791 g/mol. The van der Waals surface area contributed by atoms with Crippen LogP contribution in [0.2, 0.25) is 0 Å². The third kappa shape index (κ3) is 16.2. The minimum absolute atomic E-state index is 0.0163. The number of aliphatic hydroxyl groups is 1. The topological polar surface area (TPSA) is 174 Å². The molecule has 0 spiro atoms. The third-order valence-electron chi connectivity index (χ3n) is 8.97. The van der Waals surface area contributed by atoms with Crippen molar-refractivity contribution in [2.45, 2.75) is 32.4 Å². The van der Waals surface area contributed by atoms with Crippen LogP contribution < -0.4 is 15.8 Å². The first-order valence-electron chi connectivity index (χ1n) is 19.7. The van der Waals surface area contributed by atoms with E-state index in [4.69, 9.17) is 44.0 Å². The van der Waals surface area contributed by atoms with Crippen molar-refractivity contribution >= 4 is 11.6 Å². The standard InChI is InChI=1S/C42H58N6O9/c1-33-29-48(32-45-33)39-26-34(30-47-10-2-3-37(43)31-47)25-38(28-39)46-42(50)41-27-36(8-9-44-41)35-4-6-40(7-5-35)57-24-23-56-22-21-55-20-19-54-18-17-53-16-15-52-14-13-51-12-11-49/h4-9,25-29,32,37,49H,2-3,10-24,30-31,43H2,1H3,(H,46,50)/t37-/m0/s1. The number of hydrogen-bond donors (Lipinski definition) is 3. The van der Waals surface area contributed by atoms with E-state index in [0.29, 0.717) is 97.3 Å². The van der Waals surface area contributed by atoms with Gasteiger partial charge in [-0.15, -0.1) is 0 Å². The fourth-order valence-corrected chi connectivity index (χ4v) is 6.20. The average Bonchev–Trinajstić information content (AvgIpc) is 3.66. The minimum atomic E-state index is -0.293. The molecule has 0 radical (unpaired) electrons. The van der Waals surface area contributed by atoms with Crippen LogP contribution in [0.3, 0.4) is 0 Å². The Morgan fingerprint density at radius 3 is 2.02 bits per heavy atom. The zero-order valence-electron chi connectivity index (χ0n) is 33.0. The summed E-state index contributed by atoms with van der Waals surface area (Å²) in [5.41, 5.74) is 12.0. The molecule has 1 atom stereocenters. The number of likely N-dealkylation sites (tertiary alicyclic amines) is 1. The van der Waals surface area contributed by atoms with Gasteiger partial charge in [-0.25, -0.2) is 4.98 Å². The van der Waals surface area contributed by atoms with Crippen LogP contribution in [0.4, 0.5) is 5.69 Å². The summed E-state index contributed by atoms with van der Waals surface area (Å²) in [7, 11) is 0. The summed E-state index contributed by atoms with van der Waals surface area (Å²) < 4.78 is 40.4. The lowest BCUT2D eigenvalue weighted by Crippen LogP contribution is -2.42. The van der Waals surface area contributed by atoms with E-state index < -0.39 is 0 Å². The first-order chi connectivity index (χ1) is 28.0. The van der Waals surface area contributed by atoms with Crippen molar-refractivity contribution in [2.75, 3.05) is 111 Å². The van der Waals surface area contributed by atoms with Crippen molar-refractivity contribution in [3.8, 4) is 22.6 Å². The van der Waals surface area contributed by atoms with Gasteiger partial charge in [-0.2, -0.15) is 0 Å². The molecule has 0 unspecified atom stereocenters. The molecule has 57 heavy (non-hydrogen) atoms. The van der Waals surface area contributed by atoms with Crippen LogP contribution in [-0.2, 0) is 35.0 Å². The monoisotopic (exact) mass is 790 g/mol. The number of aromatic nitrogens is 3. The van der Waals surface area contributed by atoms with Gasteiger partial charge >= 0.3 is 0 Å². The number of carbonyl (C=O) groups is 1. The highest BCUT2D eigenvalue weighted by atomic mass is 16.6. The van der Waals surface area contributed by atoms with E-state index in [2.05, 4.69) is 26.3 Å². The molecule has 5 rings (SSSR count). The van der Waals surface area contributed by atoms with Crippen molar-refractivity contribution in [3.05, 3.63) is 90.3 Å². The normalized spacial score (nSPS) is 14.5. The van der Waals surface area contributed by atoms with Gasteiger partial charge < -0.3 is 53.9 Å². The van der Waals surface area contributed by atoms with E-state index in [1.54, 1.807) is 18.6 Å². The summed E-state index contributed by atoms with van der Waals surface area (Å²) in [4.78, 5) is 24.7. The fourth-order valence-electron chi connectivity index (χ4n) is 6.20. The predicted molar refractivity (Wildman–Crippen MR) is 216 cm³/mol. The molecule has 310 valence electrons. The Hall–Kier alpha value is -4.29. The van der Waals surface area contributed by atoms with Crippen molar-refractivity contribution in [3.63, 3.8) is 0 Å². The van der Waals surface area contributed by atoms with Gasteiger partial charge in [0.1, 0.15) is 18.1 Å². The lowest BCUT2D eigenvalue weighted by atomic mass is 10.0. The van der Waals surface area contributed by atoms with Gasteiger partial charge in [0.25, 0.3) is 5.91 Å². The Bertz CT molecular complexity index is 1740. The van der Waals surface area contributed by atoms with E-state index >= 15 is 0 Å². The second-order valence-electron chi connectivity index (χ2n) is 13.6. The molecule has 4 N–H and O–H groups in total. The Morgan fingerprint density at radius 1 is 0.789 bits per heavy atom. The predicted octanol–water partition coefficient (Wildman–Crippen LogP) is 3.89. The van der Waals surface area contributed by atoms with Crippen LogP contribution in [0.25, 0.3) is 16.8 Å². The van der Waals surface area contributed by atoms with E-state index in [-0.39, 0.29) is 18.6 Å². The van der Waals surface area contributed by atoms with Crippen LogP contribution in [0.15, 0.2) is 73.3 Å². The van der Waals surface area contributed by atoms with E-state index in [1.807, 2.05) is 60.2 Å². The SMILES string of the molecule is Cc1cn(-c2cc(CN3CCC[C@H](N)C3)cc(NC(=O)c3cc(-c4ccc(OCCOCCOCCOCCOCCOCCOCCO)cc4)ccn3)c2)cn1. The number of aliphatic hydroxyl groups excluding tert-OH is 1. The van der Waals surface area contributed by atoms with Gasteiger partial charge in [0.05, 0.1) is 97.9 Å². The number of pyridine rings is 1. The molecule has 3 heterocycles. The highest BCUT2D eigenvalue weighted by Gasteiger charge is 2.18. The lowest BCUT2D eigenvalue weighted by molar-refractivity contribution is -0.0191. The molecule has 4 aromatic rings. The molecule has 1 aliphatic rings. The minimum Gasteiger partial charge on any atom is -0.491 e. The number of benzene rings is 2. The van der Waals surface area contributed by atoms with E-state index in [0.717, 1.165) is 66.3 Å². The molecular formula is C42H58N6O9. The van der Waals surface area contributed by atoms with Crippen LogP contribution >= 0.6 is 0 Å². The molecular weight excluding hydrogens is 732 g/mol. The van der Waals surface area contributed by atoms with Crippen LogP contribution in [0, 0.1) is 6.92 Å². The summed E-state index contributed by atoms with van der Waals surface area (Å²) in [6.45, 7) is 10.5. The number of aryl methyl sites for hydroxylation is 1. The number of imidazole rings is 1. The van der Waals surface area contributed by atoms with Gasteiger partial charge in [-0.3, -0.25) is 14.7 Å². The van der Waals surface area contributed by atoms with Crippen molar-refractivity contribution < 1.29 is 43.1 Å². The molecule has 2 aromatic heterocycles. The largest absolute Gasteiger partial charge is 0.491 e. The maximum absolute atomic E-state index is 13.5. The second-order valence-corrected chi connectivity index (χ2v) is 13.6. The van der Waals surface area contributed by atoms with Crippen molar-refractivity contribution in [1.82, 2.24) is 19.4 Å². The second kappa shape index (κ2) is 25.2. The molecule has 2 aromatic carbocycles. The first-order valence-corrected chi connectivity index (χ1v) is 19.7. The van der Waals surface area contributed by atoms with Gasteiger partial charge in [0, 0.05) is 42.9 Å². The Kier molecular flexibility index (Phi) is 19.3. The molecule has 0 saturated carbocycles. The quantitative estimate of drug-likeness (QED) is 0.0744. The number of amides is 1. The number of ether oxygens (including phenoxy) is 7. The molecule has 1 aliphatic heterocycles. The van der Waals surface area contributed by atoms with E-state index in [1.165, 1.54) is 0 Å². The highest BCUT2D eigenvalue weighted by Crippen LogP contribution is 2.25. The highest BCUT2D eigenvalue weighted by molar-refractivity contribution is 6.03. The van der Waals surface area contributed by atoms with Gasteiger partial charge in [0.15, 0.2) is 0 Å². The van der Waals surface area contributed by atoms with Crippen molar-refractivity contribution in [1.29, 1.82) is 0 Å². The summed E-state index contributed by atoms with van der Waals surface area (Å²) in [5, 5.41) is 11.7. The molecule has 0 bridgehead atoms.